The zero-order valence-corrected chi connectivity index (χ0v) is 18.5. The Morgan fingerprint density at radius 2 is 1.64 bits per heavy atom. The van der Waals surface area contributed by atoms with Crippen molar-refractivity contribution >= 4 is 30.7 Å². The highest BCUT2D eigenvalue weighted by Gasteiger charge is 2.19. The number of aryl methyl sites for hydroxylation is 1. The van der Waals surface area contributed by atoms with Gasteiger partial charge in [0.15, 0.2) is 0 Å². The van der Waals surface area contributed by atoms with Crippen molar-refractivity contribution in [3.63, 3.8) is 0 Å². The number of nitrogens with zero attached hydrogens (tertiary/aromatic N) is 1. The molecular weight excluding hydrogens is 395 g/mol. The van der Waals surface area contributed by atoms with Crippen LogP contribution in [0.2, 0.25) is 0 Å². The first-order valence-corrected chi connectivity index (χ1v) is 9.16. The van der Waals surface area contributed by atoms with Gasteiger partial charge in [0, 0.05) is 30.9 Å². The maximum Gasteiger partial charge on any atom is 0.217 e. The van der Waals surface area contributed by atoms with Crippen molar-refractivity contribution in [1.29, 1.82) is 0 Å². The molecule has 0 radical (unpaired) electrons. The van der Waals surface area contributed by atoms with Crippen LogP contribution in [0, 0.1) is 12.8 Å². The summed E-state index contributed by atoms with van der Waals surface area (Å²) in [7, 11) is 0. The van der Waals surface area contributed by atoms with Crippen molar-refractivity contribution in [2.75, 3.05) is 0 Å². The van der Waals surface area contributed by atoms with E-state index in [0.29, 0.717) is 31.8 Å². The standard InChI is InChI=1S/C21H30N4O.2ClH/c1-13(2)10-19-18(12-23)21(16-6-4-15(11-22)5-7-16)17(14(3)25-19)8-9-20(24)26;;/h4-7,13H,8-12,22-23H2,1-3H3,(H2,24,26);2*1H. The van der Waals surface area contributed by atoms with Crippen LogP contribution in [-0.4, -0.2) is 10.9 Å². The monoisotopic (exact) mass is 426 g/mol. The van der Waals surface area contributed by atoms with Gasteiger partial charge in [0.05, 0.1) is 0 Å². The summed E-state index contributed by atoms with van der Waals surface area (Å²) in [6.45, 7) is 7.26. The molecule has 1 aromatic heterocycles. The molecular formula is C21H32Cl2N4O. The topological polar surface area (TPSA) is 108 Å². The molecule has 0 atom stereocenters. The van der Waals surface area contributed by atoms with Gasteiger partial charge in [0.1, 0.15) is 0 Å². The molecule has 0 bridgehead atoms. The van der Waals surface area contributed by atoms with E-state index in [-0.39, 0.29) is 30.7 Å². The molecule has 28 heavy (non-hydrogen) atoms. The van der Waals surface area contributed by atoms with E-state index in [9.17, 15) is 4.79 Å². The number of halogens is 2. The number of carbonyl (C=O) groups excluding carboxylic acids is 1. The van der Waals surface area contributed by atoms with E-state index in [1.807, 2.05) is 19.1 Å². The SMILES string of the molecule is Cc1nc(CC(C)C)c(CN)c(-c2ccc(CN)cc2)c1CCC(N)=O.Cl.Cl. The van der Waals surface area contributed by atoms with E-state index < -0.39 is 0 Å². The van der Waals surface area contributed by atoms with E-state index in [4.69, 9.17) is 22.2 Å². The van der Waals surface area contributed by atoms with Gasteiger partial charge in [-0.05, 0) is 53.5 Å². The van der Waals surface area contributed by atoms with Crippen LogP contribution in [0.15, 0.2) is 24.3 Å². The molecule has 1 aromatic carbocycles. The molecule has 1 heterocycles. The fraction of sp³-hybridized carbons (Fsp3) is 0.429. The van der Waals surface area contributed by atoms with Crippen molar-refractivity contribution in [1.82, 2.24) is 4.98 Å². The van der Waals surface area contributed by atoms with Crippen molar-refractivity contribution in [2.45, 2.75) is 53.1 Å². The normalized spacial score (nSPS) is 10.4. The highest BCUT2D eigenvalue weighted by molar-refractivity contribution is 5.85. The molecule has 6 N–H and O–H groups in total. The smallest absolute Gasteiger partial charge is 0.217 e. The van der Waals surface area contributed by atoms with E-state index in [1.165, 1.54) is 0 Å². The molecule has 0 fully saturated rings. The number of rotatable bonds is 8. The van der Waals surface area contributed by atoms with Gasteiger partial charge in [-0.1, -0.05) is 38.1 Å². The van der Waals surface area contributed by atoms with Gasteiger partial charge >= 0.3 is 0 Å². The quantitative estimate of drug-likeness (QED) is 0.600. The number of carbonyl (C=O) groups is 1. The molecule has 0 saturated carbocycles. The van der Waals surface area contributed by atoms with Gasteiger partial charge in [-0.2, -0.15) is 0 Å². The van der Waals surface area contributed by atoms with Gasteiger partial charge in [-0.3, -0.25) is 9.78 Å². The lowest BCUT2D eigenvalue weighted by Crippen LogP contribution is -2.16. The van der Waals surface area contributed by atoms with Crippen LogP contribution in [0.25, 0.3) is 11.1 Å². The molecule has 0 unspecified atom stereocenters. The second-order valence-electron chi connectivity index (χ2n) is 7.15. The number of hydrogen-bond acceptors (Lipinski definition) is 4. The largest absolute Gasteiger partial charge is 0.370 e. The van der Waals surface area contributed by atoms with Crippen LogP contribution in [0.1, 0.15) is 48.3 Å². The summed E-state index contributed by atoms with van der Waals surface area (Å²) in [5.41, 5.74) is 24.6. The van der Waals surface area contributed by atoms with Crippen molar-refractivity contribution in [2.24, 2.45) is 23.1 Å². The van der Waals surface area contributed by atoms with E-state index in [1.54, 1.807) is 0 Å². The fourth-order valence-corrected chi connectivity index (χ4v) is 3.33. The Kier molecular flexibility index (Phi) is 11.3. The van der Waals surface area contributed by atoms with E-state index in [0.717, 1.165) is 45.6 Å². The van der Waals surface area contributed by atoms with Gasteiger partial charge in [0.2, 0.25) is 5.91 Å². The molecule has 1 amide bonds. The summed E-state index contributed by atoms with van der Waals surface area (Å²) in [5, 5.41) is 0. The first kappa shape index (κ1) is 26.3. The van der Waals surface area contributed by atoms with Crippen molar-refractivity contribution < 1.29 is 4.79 Å². The number of aromatic nitrogens is 1. The summed E-state index contributed by atoms with van der Waals surface area (Å²) in [5.74, 6) is 0.172. The summed E-state index contributed by atoms with van der Waals surface area (Å²) >= 11 is 0. The van der Waals surface area contributed by atoms with Crippen LogP contribution < -0.4 is 17.2 Å². The van der Waals surface area contributed by atoms with Crippen LogP contribution in [-0.2, 0) is 30.7 Å². The minimum absolute atomic E-state index is 0. The third-order valence-corrected chi connectivity index (χ3v) is 4.60. The average molecular weight is 427 g/mol. The number of benzene rings is 1. The van der Waals surface area contributed by atoms with Crippen molar-refractivity contribution in [3.8, 4) is 11.1 Å². The van der Waals surface area contributed by atoms with Gasteiger partial charge in [0.25, 0.3) is 0 Å². The minimum Gasteiger partial charge on any atom is -0.370 e. The Morgan fingerprint density at radius 3 is 2.11 bits per heavy atom. The average Bonchev–Trinajstić information content (AvgIpc) is 2.59. The number of hydrogen-bond donors (Lipinski definition) is 3. The number of primary amides is 1. The fourth-order valence-electron chi connectivity index (χ4n) is 3.33. The Hall–Kier alpha value is -1.66. The summed E-state index contributed by atoms with van der Waals surface area (Å²) < 4.78 is 0. The Labute approximate surface area is 180 Å². The maximum absolute atomic E-state index is 11.3. The Morgan fingerprint density at radius 1 is 1.04 bits per heavy atom. The summed E-state index contributed by atoms with van der Waals surface area (Å²) in [6.07, 6.45) is 1.73. The molecule has 2 aromatic rings. The molecule has 2 rings (SSSR count). The minimum atomic E-state index is -0.311. The molecule has 0 aliphatic rings. The van der Waals surface area contributed by atoms with Crippen molar-refractivity contribution in [3.05, 3.63) is 52.3 Å². The zero-order valence-electron chi connectivity index (χ0n) is 16.8. The molecule has 156 valence electrons. The van der Waals surface area contributed by atoms with Crippen LogP contribution >= 0.6 is 24.8 Å². The lowest BCUT2D eigenvalue weighted by molar-refractivity contribution is -0.117. The number of amides is 1. The second kappa shape index (κ2) is 12.0. The molecule has 7 heteroatoms. The maximum atomic E-state index is 11.3. The molecule has 5 nitrogen and oxygen atoms in total. The molecule has 0 spiro atoms. The molecule has 0 aliphatic carbocycles. The van der Waals surface area contributed by atoms with Crippen LogP contribution in [0.4, 0.5) is 0 Å². The third-order valence-electron chi connectivity index (χ3n) is 4.60. The van der Waals surface area contributed by atoms with Gasteiger partial charge in [-0.25, -0.2) is 0 Å². The molecule has 0 aliphatic heterocycles. The zero-order chi connectivity index (χ0) is 19.3. The third kappa shape index (κ3) is 6.45. The molecule has 0 saturated heterocycles. The highest BCUT2D eigenvalue weighted by Crippen LogP contribution is 2.33. The lowest BCUT2D eigenvalue weighted by atomic mass is 9.88. The first-order chi connectivity index (χ1) is 12.4. The van der Waals surface area contributed by atoms with Crippen LogP contribution in [0.3, 0.4) is 0 Å². The second-order valence-corrected chi connectivity index (χ2v) is 7.15. The number of pyridine rings is 1. The predicted molar refractivity (Wildman–Crippen MR) is 121 cm³/mol. The predicted octanol–water partition coefficient (Wildman–Crippen LogP) is 3.43. The highest BCUT2D eigenvalue weighted by atomic mass is 35.5. The van der Waals surface area contributed by atoms with E-state index >= 15 is 0 Å². The first-order valence-electron chi connectivity index (χ1n) is 9.16. The lowest BCUT2D eigenvalue weighted by Gasteiger charge is -2.21. The van der Waals surface area contributed by atoms with Gasteiger partial charge in [-0.15, -0.1) is 24.8 Å². The summed E-state index contributed by atoms with van der Waals surface area (Å²) in [4.78, 5) is 16.2. The summed E-state index contributed by atoms with van der Waals surface area (Å²) in [6, 6.07) is 8.21. The van der Waals surface area contributed by atoms with Crippen LogP contribution in [0.5, 0.6) is 0 Å². The number of nitrogens with two attached hydrogens (primary N) is 3. The Bertz CT molecular complexity index is 777. The Balaban J connectivity index is 0.00000364. The van der Waals surface area contributed by atoms with Gasteiger partial charge < -0.3 is 17.2 Å². The van der Waals surface area contributed by atoms with E-state index in [2.05, 4.69) is 26.0 Å².